The lowest BCUT2D eigenvalue weighted by atomic mass is 9.84. The summed E-state index contributed by atoms with van der Waals surface area (Å²) in [5, 5.41) is 3.33. The van der Waals surface area contributed by atoms with Gasteiger partial charge >= 0.3 is 0 Å². The molecule has 0 saturated carbocycles. The second kappa shape index (κ2) is 7.59. The highest BCUT2D eigenvalue weighted by Gasteiger charge is 2.18. The van der Waals surface area contributed by atoms with Gasteiger partial charge in [0.2, 0.25) is 0 Å². The summed E-state index contributed by atoms with van der Waals surface area (Å²) in [5.41, 5.74) is 7.06. The Labute approximate surface area is 170 Å². The van der Waals surface area contributed by atoms with Crippen LogP contribution in [0.2, 0.25) is 0 Å². The second-order valence-corrected chi connectivity index (χ2v) is 8.32. The van der Waals surface area contributed by atoms with Crippen molar-refractivity contribution in [2.45, 2.75) is 32.7 Å². The van der Waals surface area contributed by atoms with Crippen molar-refractivity contribution in [2.24, 2.45) is 4.99 Å². The number of pyridine rings is 1. The highest BCUT2D eigenvalue weighted by atomic mass is 16.3. The van der Waals surface area contributed by atoms with Gasteiger partial charge in [-0.1, -0.05) is 39.0 Å². The van der Waals surface area contributed by atoms with E-state index in [1.165, 1.54) is 11.1 Å². The number of hydrogen-bond acceptors (Lipinski definition) is 4. The largest absolute Gasteiger partial charge is 0.472 e. The SMILES string of the molecule is CC(C)(C)c1ccc2c(c1)C(=CNCc1cc(=O)c(-c3ccoc3)c[nH]1)CN=C2. The molecule has 0 saturated heterocycles. The summed E-state index contributed by atoms with van der Waals surface area (Å²) in [7, 11) is 0. The molecule has 4 rings (SSSR count). The topological polar surface area (TPSA) is 70.4 Å². The van der Waals surface area contributed by atoms with Gasteiger partial charge in [0.25, 0.3) is 0 Å². The maximum absolute atomic E-state index is 12.4. The Morgan fingerprint density at radius 2 is 2.07 bits per heavy atom. The van der Waals surface area contributed by atoms with Gasteiger partial charge in [0.15, 0.2) is 5.43 Å². The number of nitrogens with zero attached hydrogens (tertiary/aromatic N) is 1. The number of hydrogen-bond donors (Lipinski definition) is 2. The number of benzene rings is 1. The van der Waals surface area contributed by atoms with E-state index in [9.17, 15) is 4.79 Å². The number of furan rings is 1. The second-order valence-electron chi connectivity index (χ2n) is 8.32. The van der Waals surface area contributed by atoms with Crippen LogP contribution in [-0.2, 0) is 12.0 Å². The van der Waals surface area contributed by atoms with Gasteiger partial charge in [-0.05, 0) is 33.7 Å². The molecular formula is C24H25N3O2. The van der Waals surface area contributed by atoms with Gasteiger partial charge in [-0.25, -0.2) is 0 Å². The molecule has 1 aliphatic rings. The van der Waals surface area contributed by atoms with Gasteiger partial charge in [-0.15, -0.1) is 0 Å². The zero-order valence-electron chi connectivity index (χ0n) is 17.0. The van der Waals surface area contributed by atoms with Crippen LogP contribution in [0, 0.1) is 0 Å². The van der Waals surface area contributed by atoms with E-state index in [1.807, 2.05) is 12.4 Å². The Balaban J connectivity index is 1.52. The number of aromatic amines is 1. The van der Waals surface area contributed by atoms with Gasteiger partial charge < -0.3 is 14.7 Å². The predicted molar refractivity (Wildman–Crippen MR) is 117 cm³/mol. The lowest BCUT2D eigenvalue weighted by Gasteiger charge is -2.22. The smallest absolute Gasteiger partial charge is 0.189 e. The average Bonchev–Trinajstić information content (AvgIpc) is 3.21. The number of fused-ring (bicyclic) bond motifs is 1. The fourth-order valence-electron chi connectivity index (χ4n) is 3.41. The third-order valence-corrected chi connectivity index (χ3v) is 5.13. The van der Waals surface area contributed by atoms with E-state index >= 15 is 0 Å². The first-order chi connectivity index (χ1) is 13.9. The van der Waals surface area contributed by atoms with E-state index in [-0.39, 0.29) is 10.8 Å². The van der Waals surface area contributed by atoms with Crippen LogP contribution in [0.15, 0.2) is 69.5 Å². The summed E-state index contributed by atoms with van der Waals surface area (Å²) < 4.78 is 5.06. The number of aromatic nitrogens is 1. The minimum absolute atomic E-state index is 0.0305. The van der Waals surface area contributed by atoms with E-state index in [1.54, 1.807) is 30.9 Å². The highest BCUT2D eigenvalue weighted by molar-refractivity contribution is 5.92. The van der Waals surface area contributed by atoms with Gasteiger partial charge in [0, 0.05) is 41.5 Å². The van der Waals surface area contributed by atoms with E-state index in [0.29, 0.717) is 18.7 Å². The summed E-state index contributed by atoms with van der Waals surface area (Å²) in [6, 6.07) is 9.97. The minimum atomic E-state index is -0.0305. The van der Waals surface area contributed by atoms with Crippen LogP contribution < -0.4 is 10.7 Å². The molecule has 148 valence electrons. The molecule has 0 bridgehead atoms. The summed E-state index contributed by atoms with van der Waals surface area (Å²) in [5.74, 6) is 0. The highest BCUT2D eigenvalue weighted by Crippen LogP contribution is 2.29. The van der Waals surface area contributed by atoms with Crippen molar-refractivity contribution >= 4 is 11.8 Å². The molecule has 0 unspecified atom stereocenters. The molecule has 0 radical (unpaired) electrons. The van der Waals surface area contributed by atoms with Gasteiger partial charge in [0.1, 0.15) is 0 Å². The molecule has 3 heterocycles. The molecule has 3 aromatic rings. The fraction of sp³-hybridized carbons (Fsp3) is 0.250. The van der Waals surface area contributed by atoms with Gasteiger partial charge in [-0.2, -0.15) is 0 Å². The lowest BCUT2D eigenvalue weighted by molar-refractivity contribution is 0.568. The molecule has 2 aromatic heterocycles. The normalized spacial score (nSPS) is 14.8. The Morgan fingerprint density at radius 1 is 1.21 bits per heavy atom. The molecule has 0 spiro atoms. The fourth-order valence-corrected chi connectivity index (χ4v) is 3.41. The minimum Gasteiger partial charge on any atom is -0.472 e. The van der Waals surface area contributed by atoms with Crippen LogP contribution >= 0.6 is 0 Å². The molecule has 0 atom stereocenters. The molecule has 5 nitrogen and oxygen atoms in total. The number of nitrogens with one attached hydrogen (secondary N) is 2. The average molecular weight is 387 g/mol. The lowest BCUT2D eigenvalue weighted by Crippen LogP contribution is -2.15. The molecule has 0 amide bonds. The maximum atomic E-state index is 12.4. The zero-order valence-corrected chi connectivity index (χ0v) is 17.0. The van der Waals surface area contributed by atoms with Crippen LogP contribution in [0.5, 0.6) is 0 Å². The third kappa shape index (κ3) is 4.09. The first-order valence-corrected chi connectivity index (χ1v) is 9.73. The maximum Gasteiger partial charge on any atom is 0.189 e. The van der Waals surface area contributed by atoms with Crippen molar-refractivity contribution < 1.29 is 4.42 Å². The number of aliphatic imine (C=N–C) groups is 1. The Bertz CT molecular complexity index is 1130. The van der Waals surface area contributed by atoms with Crippen LogP contribution in [-0.4, -0.2) is 17.7 Å². The summed E-state index contributed by atoms with van der Waals surface area (Å²) >= 11 is 0. The van der Waals surface area contributed by atoms with Crippen molar-refractivity contribution in [1.29, 1.82) is 0 Å². The van der Waals surface area contributed by atoms with E-state index in [4.69, 9.17) is 4.42 Å². The van der Waals surface area contributed by atoms with Crippen LogP contribution in [0.3, 0.4) is 0 Å². The first-order valence-electron chi connectivity index (χ1n) is 9.73. The van der Waals surface area contributed by atoms with Crippen molar-refractivity contribution in [3.05, 3.63) is 87.9 Å². The quantitative estimate of drug-likeness (QED) is 0.693. The molecule has 1 aliphatic heterocycles. The molecule has 0 fully saturated rings. The third-order valence-electron chi connectivity index (χ3n) is 5.13. The molecule has 1 aromatic carbocycles. The Morgan fingerprint density at radius 3 is 2.79 bits per heavy atom. The van der Waals surface area contributed by atoms with Crippen molar-refractivity contribution in [2.75, 3.05) is 6.54 Å². The van der Waals surface area contributed by atoms with Crippen molar-refractivity contribution in [3.8, 4) is 11.1 Å². The van der Waals surface area contributed by atoms with E-state index in [2.05, 4.69) is 54.3 Å². The molecule has 0 aliphatic carbocycles. The molecular weight excluding hydrogens is 362 g/mol. The van der Waals surface area contributed by atoms with Gasteiger partial charge in [0.05, 0.1) is 25.6 Å². The Kier molecular flexibility index (Phi) is 4.97. The molecule has 5 heteroatoms. The predicted octanol–water partition coefficient (Wildman–Crippen LogP) is 4.50. The molecule has 29 heavy (non-hydrogen) atoms. The van der Waals surface area contributed by atoms with Crippen LogP contribution in [0.25, 0.3) is 16.7 Å². The summed E-state index contributed by atoms with van der Waals surface area (Å²) in [4.78, 5) is 20.0. The standard InChI is InChI=1S/C24H25N3O2/c1-24(2,3)19-5-4-16-10-25-11-18(21(16)8-19)12-26-13-20-9-23(28)22(14-27-20)17-6-7-29-15-17/h4-10,12,14-15,26H,11,13H2,1-3H3,(H,27,28). The summed E-state index contributed by atoms with van der Waals surface area (Å²) in [6.45, 7) is 7.83. The summed E-state index contributed by atoms with van der Waals surface area (Å²) in [6.07, 6.45) is 8.80. The number of H-pyrrole nitrogens is 1. The van der Waals surface area contributed by atoms with Crippen molar-refractivity contribution in [3.63, 3.8) is 0 Å². The van der Waals surface area contributed by atoms with Crippen LogP contribution in [0.1, 0.15) is 43.2 Å². The van der Waals surface area contributed by atoms with Crippen molar-refractivity contribution in [1.82, 2.24) is 10.3 Å². The molecule has 2 N–H and O–H groups in total. The monoisotopic (exact) mass is 387 g/mol. The van der Waals surface area contributed by atoms with E-state index < -0.39 is 0 Å². The first kappa shape index (κ1) is 19.0. The Hall–Kier alpha value is -3.34. The zero-order chi connectivity index (χ0) is 20.4. The van der Waals surface area contributed by atoms with E-state index in [0.717, 1.165) is 22.4 Å². The number of rotatable bonds is 4. The van der Waals surface area contributed by atoms with Crippen LogP contribution in [0.4, 0.5) is 0 Å². The van der Waals surface area contributed by atoms with Gasteiger partial charge in [-0.3, -0.25) is 9.79 Å².